The fourth-order valence-corrected chi connectivity index (χ4v) is 4.27. The number of nitrogens with zero attached hydrogens (tertiary/aromatic N) is 3. The normalized spacial score (nSPS) is 11.1. The Morgan fingerprint density at radius 3 is 2.74 bits per heavy atom. The van der Waals surface area contributed by atoms with E-state index in [-0.39, 0.29) is 17.1 Å². The summed E-state index contributed by atoms with van der Waals surface area (Å²) in [6.07, 6.45) is 0. The van der Waals surface area contributed by atoms with Gasteiger partial charge in [0.25, 0.3) is 0 Å². The van der Waals surface area contributed by atoms with Crippen molar-refractivity contribution < 1.29 is 4.79 Å². The summed E-state index contributed by atoms with van der Waals surface area (Å²) >= 11 is 7.60. The summed E-state index contributed by atoms with van der Waals surface area (Å²) in [6.45, 7) is 4.22. The summed E-state index contributed by atoms with van der Waals surface area (Å²) < 4.78 is 1.72. The number of fused-ring (bicyclic) bond motifs is 1. The zero-order valence-electron chi connectivity index (χ0n) is 17.1. The Kier molecular flexibility index (Phi) is 6.11. The van der Waals surface area contributed by atoms with Crippen LogP contribution in [0.3, 0.4) is 0 Å². The lowest BCUT2D eigenvalue weighted by atomic mass is 10.2. The average molecular weight is 453 g/mol. The largest absolute Gasteiger partial charge is 0.351 e. The summed E-state index contributed by atoms with van der Waals surface area (Å²) in [6, 6.07) is 15.3. The van der Waals surface area contributed by atoms with E-state index >= 15 is 0 Å². The topological polar surface area (TPSA) is 99.4 Å². The van der Waals surface area contributed by atoms with Gasteiger partial charge in [0.1, 0.15) is 5.49 Å². The Morgan fingerprint density at radius 2 is 1.97 bits per heavy atom. The molecule has 0 unspecified atom stereocenters. The van der Waals surface area contributed by atoms with Crippen LogP contribution in [0.1, 0.15) is 16.8 Å². The first-order valence-corrected chi connectivity index (χ1v) is 11.0. The standard InChI is InChI=1S/C22H21ClN6OS/c1-13-16(23)9-6-10-17(13)29-20(24)19-14(2)27-28-21(19)26-22(29)31-12-18(30)25-11-15-7-4-3-5-8-15/h3-10,24H,11-12H2,1-2H3,(H,25,30)(H,27,28). The quantitative estimate of drug-likeness (QED) is 0.305. The van der Waals surface area contributed by atoms with E-state index in [4.69, 9.17) is 17.0 Å². The molecule has 3 N–H and O–H groups in total. The molecule has 0 aliphatic heterocycles. The molecule has 2 aromatic carbocycles. The minimum atomic E-state index is -0.116. The number of H-pyrrole nitrogens is 1. The molecule has 4 rings (SSSR count). The maximum absolute atomic E-state index is 12.5. The van der Waals surface area contributed by atoms with Crippen molar-refractivity contribution in [3.8, 4) is 5.69 Å². The summed E-state index contributed by atoms with van der Waals surface area (Å²) in [5, 5.41) is 20.6. The van der Waals surface area contributed by atoms with Crippen molar-refractivity contribution in [3.05, 3.63) is 75.9 Å². The second-order valence-electron chi connectivity index (χ2n) is 7.06. The summed E-state index contributed by atoms with van der Waals surface area (Å²) in [7, 11) is 0. The van der Waals surface area contributed by atoms with Crippen LogP contribution in [0.5, 0.6) is 0 Å². The highest BCUT2D eigenvalue weighted by Crippen LogP contribution is 2.26. The van der Waals surface area contributed by atoms with Gasteiger partial charge < -0.3 is 5.32 Å². The van der Waals surface area contributed by atoms with Gasteiger partial charge in [0.05, 0.1) is 16.8 Å². The number of aromatic nitrogens is 4. The monoisotopic (exact) mass is 452 g/mol. The molecule has 9 heteroatoms. The van der Waals surface area contributed by atoms with Crippen LogP contribution in [-0.2, 0) is 11.3 Å². The number of nitrogens with one attached hydrogen (secondary N) is 3. The molecule has 158 valence electrons. The zero-order valence-corrected chi connectivity index (χ0v) is 18.6. The maximum atomic E-state index is 12.5. The molecule has 0 fully saturated rings. The van der Waals surface area contributed by atoms with Crippen molar-refractivity contribution in [1.29, 1.82) is 5.41 Å². The molecule has 0 bridgehead atoms. The van der Waals surface area contributed by atoms with Crippen LogP contribution >= 0.6 is 23.4 Å². The van der Waals surface area contributed by atoms with Crippen molar-refractivity contribution >= 4 is 40.3 Å². The number of carbonyl (C=O) groups is 1. The van der Waals surface area contributed by atoms with Crippen LogP contribution in [-0.4, -0.2) is 31.4 Å². The van der Waals surface area contributed by atoms with Crippen molar-refractivity contribution in [2.75, 3.05) is 5.75 Å². The zero-order chi connectivity index (χ0) is 22.0. The number of thioether (sulfide) groups is 1. The maximum Gasteiger partial charge on any atom is 0.230 e. The molecule has 7 nitrogen and oxygen atoms in total. The molecule has 31 heavy (non-hydrogen) atoms. The SMILES string of the molecule is Cc1c(Cl)cccc1-n1c(SCC(=O)NCc2ccccc2)nc2n[nH]c(C)c2c1=N. The molecule has 0 saturated carbocycles. The molecule has 4 aromatic rings. The molecule has 2 heterocycles. The first-order chi connectivity index (χ1) is 15.0. The number of benzene rings is 2. The lowest BCUT2D eigenvalue weighted by Crippen LogP contribution is -2.26. The first-order valence-electron chi connectivity index (χ1n) is 9.67. The lowest BCUT2D eigenvalue weighted by molar-refractivity contribution is -0.118. The number of rotatable bonds is 6. The Labute approximate surface area is 188 Å². The van der Waals surface area contributed by atoms with E-state index < -0.39 is 0 Å². The summed E-state index contributed by atoms with van der Waals surface area (Å²) in [5.41, 5.74) is 4.07. The van der Waals surface area contributed by atoms with Crippen LogP contribution in [0.4, 0.5) is 0 Å². The Hall–Kier alpha value is -3.10. The van der Waals surface area contributed by atoms with Crippen LogP contribution in [0.15, 0.2) is 53.7 Å². The molecule has 0 spiro atoms. The van der Waals surface area contributed by atoms with Crippen LogP contribution in [0, 0.1) is 19.3 Å². The molecule has 0 aliphatic carbocycles. The number of amides is 1. The third kappa shape index (κ3) is 4.35. The Balaban J connectivity index is 1.66. The van der Waals surface area contributed by atoms with Crippen molar-refractivity contribution in [2.24, 2.45) is 0 Å². The van der Waals surface area contributed by atoms with E-state index in [1.165, 1.54) is 11.8 Å². The second kappa shape index (κ2) is 8.95. The first kappa shape index (κ1) is 21.1. The number of aromatic amines is 1. The smallest absolute Gasteiger partial charge is 0.230 e. The number of carbonyl (C=O) groups excluding carboxylic acids is 1. The van der Waals surface area contributed by atoms with Gasteiger partial charge in [-0.2, -0.15) is 5.10 Å². The fourth-order valence-electron chi connectivity index (χ4n) is 3.27. The van der Waals surface area contributed by atoms with Gasteiger partial charge in [-0.1, -0.05) is 59.8 Å². The summed E-state index contributed by atoms with van der Waals surface area (Å²) in [5.74, 6) is 0.0446. The molecule has 0 aliphatic rings. The predicted molar refractivity (Wildman–Crippen MR) is 123 cm³/mol. The lowest BCUT2D eigenvalue weighted by Gasteiger charge is -2.16. The van der Waals surface area contributed by atoms with E-state index in [1.54, 1.807) is 4.57 Å². The van der Waals surface area contributed by atoms with Crippen molar-refractivity contribution in [3.63, 3.8) is 0 Å². The van der Waals surface area contributed by atoms with Gasteiger partial charge >= 0.3 is 0 Å². The van der Waals surface area contributed by atoms with Crippen molar-refractivity contribution in [1.82, 2.24) is 25.1 Å². The third-order valence-electron chi connectivity index (χ3n) is 4.93. The Morgan fingerprint density at radius 1 is 1.19 bits per heavy atom. The number of hydrogen-bond donors (Lipinski definition) is 3. The number of halogens is 1. The molecule has 0 radical (unpaired) electrons. The van der Waals surface area contributed by atoms with Gasteiger partial charge in [-0.05, 0) is 37.1 Å². The third-order valence-corrected chi connectivity index (χ3v) is 6.27. The molecular weight excluding hydrogens is 432 g/mol. The van der Waals surface area contributed by atoms with E-state index in [2.05, 4.69) is 20.5 Å². The highest BCUT2D eigenvalue weighted by molar-refractivity contribution is 7.99. The minimum Gasteiger partial charge on any atom is -0.351 e. The molecule has 0 atom stereocenters. The van der Waals surface area contributed by atoms with Crippen LogP contribution < -0.4 is 10.8 Å². The predicted octanol–water partition coefficient (Wildman–Crippen LogP) is 3.91. The van der Waals surface area contributed by atoms with Gasteiger partial charge in [-0.15, -0.1) is 0 Å². The fraction of sp³-hybridized carbons (Fsp3) is 0.182. The minimum absolute atomic E-state index is 0.116. The highest BCUT2D eigenvalue weighted by Gasteiger charge is 2.18. The van der Waals surface area contributed by atoms with Crippen molar-refractivity contribution in [2.45, 2.75) is 25.5 Å². The van der Waals surface area contributed by atoms with E-state index in [9.17, 15) is 4.79 Å². The summed E-state index contributed by atoms with van der Waals surface area (Å²) in [4.78, 5) is 17.1. The molecule has 0 saturated heterocycles. The average Bonchev–Trinajstić information content (AvgIpc) is 3.15. The van der Waals surface area contributed by atoms with E-state index in [0.29, 0.717) is 27.8 Å². The van der Waals surface area contributed by atoms with Crippen LogP contribution in [0.2, 0.25) is 5.02 Å². The van der Waals surface area contributed by atoms with Gasteiger partial charge in [-0.3, -0.25) is 19.9 Å². The molecule has 1 amide bonds. The molecule has 2 aromatic heterocycles. The second-order valence-corrected chi connectivity index (χ2v) is 8.41. The van der Waals surface area contributed by atoms with Crippen LogP contribution in [0.25, 0.3) is 16.7 Å². The number of aryl methyl sites for hydroxylation is 1. The Bertz CT molecular complexity index is 1320. The number of hydrogen-bond acceptors (Lipinski definition) is 5. The molecular formula is C22H21ClN6OS. The van der Waals surface area contributed by atoms with Gasteiger partial charge in [0, 0.05) is 17.3 Å². The highest BCUT2D eigenvalue weighted by atomic mass is 35.5. The van der Waals surface area contributed by atoms with E-state index in [0.717, 1.165) is 22.5 Å². The van der Waals surface area contributed by atoms with Gasteiger partial charge in [-0.25, -0.2) is 4.98 Å². The van der Waals surface area contributed by atoms with E-state index in [1.807, 2.05) is 62.4 Å². The van der Waals surface area contributed by atoms with Gasteiger partial charge in [0.2, 0.25) is 5.91 Å². The van der Waals surface area contributed by atoms with Gasteiger partial charge in [0.15, 0.2) is 10.8 Å².